The molecular formula is C11H16N4O2. The van der Waals surface area contributed by atoms with Gasteiger partial charge in [-0.2, -0.15) is 0 Å². The van der Waals surface area contributed by atoms with Crippen LogP contribution < -0.4 is 10.2 Å². The van der Waals surface area contributed by atoms with E-state index >= 15 is 0 Å². The normalized spacial score (nSPS) is 20.4. The summed E-state index contributed by atoms with van der Waals surface area (Å²) in [6.45, 7) is 6.25. The number of hydrogen-bond acceptors (Lipinski definition) is 5. The molecule has 1 aromatic heterocycles. The SMILES string of the molecule is Cc1cnc(N2CCNCC2C)c([N+](=O)[O-])c1. The van der Waals surface area contributed by atoms with Crippen molar-refractivity contribution in [3.8, 4) is 0 Å². The highest BCUT2D eigenvalue weighted by Gasteiger charge is 2.26. The van der Waals surface area contributed by atoms with Gasteiger partial charge in [-0.3, -0.25) is 10.1 Å². The quantitative estimate of drug-likeness (QED) is 0.615. The van der Waals surface area contributed by atoms with Crippen molar-refractivity contribution in [2.45, 2.75) is 19.9 Å². The van der Waals surface area contributed by atoms with E-state index in [9.17, 15) is 10.1 Å². The Kier molecular flexibility index (Phi) is 3.23. The van der Waals surface area contributed by atoms with E-state index in [4.69, 9.17) is 0 Å². The maximum atomic E-state index is 11.0. The van der Waals surface area contributed by atoms with Gasteiger partial charge in [-0.05, 0) is 19.4 Å². The number of piperazine rings is 1. The average molecular weight is 236 g/mol. The number of nitrogens with one attached hydrogen (secondary N) is 1. The van der Waals surface area contributed by atoms with Gasteiger partial charge in [0.1, 0.15) is 0 Å². The highest BCUT2D eigenvalue weighted by Crippen LogP contribution is 2.28. The number of aryl methyl sites for hydroxylation is 1. The molecule has 0 saturated carbocycles. The number of pyridine rings is 1. The minimum atomic E-state index is -0.357. The van der Waals surface area contributed by atoms with Gasteiger partial charge in [-0.15, -0.1) is 0 Å². The summed E-state index contributed by atoms with van der Waals surface area (Å²) in [5, 5.41) is 14.3. The van der Waals surface area contributed by atoms with Crippen LogP contribution in [0.25, 0.3) is 0 Å². The Hall–Kier alpha value is -1.69. The van der Waals surface area contributed by atoms with Crippen LogP contribution in [0.15, 0.2) is 12.3 Å². The Balaban J connectivity index is 2.39. The zero-order valence-electron chi connectivity index (χ0n) is 10.0. The zero-order chi connectivity index (χ0) is 12.4. The molecule has 1 aliphatic heterocycles. The standard InChI is InChI=1S/C11H16N4O2/c1-8-5-10(15(16)17)11(13-6-8)14-4-3-12-7-9(14)2/h5-6,9,12H,3-4,7H2,1-2H3. The molecule has 1 saturated heterocycles. The van der Waals surface area contributed by atoms with Crippen molar-refractivity contribution in [2.24, 2.45) is 0 Å². The van der Waals surface area contributed by atoms with E-state index in [1.165, 1.54) is 0 Å². The first-order chi connectivity index (χ1) is 8.09. The van der Waals surface area contributed by atoms with Crippen molar-refractivity contribution in [3.05, 3.63) is 27.9 Å². The summed E-state index contributed by atoms with van der Waals surface area (Å²) >= 11 is 0. The first kappa shape index (κ1) is 11.8. The van der Waals surface area contributed by atoms with Crippen LogP contribution in [0.4, 0.5) is 11.5 Å². The summed E-state index contributed by atoms with van der Waals surface area (Å²) in [5.41, 5.74) is 0.905. The number of rotatable bonds is 2. The second-order valence-electron chi connectivity index (χ2n) is 4.36. The van der Waals surface area contributed by atoms with Crippen molar-refractivity contribution < 1.29 is 4.92 Å². The number of hydrogen-bond donors (Lipinski definition) is 1. The summed E-state index contributed by atoms with van der Waals surface area (Å²) in [6, 6.07) is 1.80. The van der Waals surface area contributed by atoms with Gasteiger partial charge < -0.3 is 10.2 Å². The summed E-state index contributed by atoms with van der Waals surface area (Å²) in [5.74, 6) is 0.481. The predicted molar refractivity (Wildman–Crippen MR) is 65.3 cm³/mol. The summed E-state index contributed by atoms with van der Waals surface area (Å²) in [6.07, 6.45) is 1.68. The van der Waals surface area contributed by atoms with Gasteiger partial charge in [0.15, 0.2) is 0 Å². The summed E-state index contributed by atoms with van der Waals surface area (Å²) in [7, 11) is 0. The van der Waals surface area contributed by atoms with Crippen LogP contribution in [0.2, 0.25) is 0 Å². The second-order valence-corrected chi connectivity index (χ2v) is 4.36. The van der Waals surface area contributed by atoms with Crippen LogP contribution in [0, 0.1) is 17.0 Å². The van der Waals surface area contributed by atoms with Gasteiger partial charge in [0, 0.05) is 37.9 Å². The smallest absolute Gasteiger partial charge is 0.311 e. The molecule has 92 valence electrons. The van der Waals surface area contributed by atoms with Gasteiger partial charge in [0.25, 0.3) is 0 Å². The third-order valence-corrected chi connectivity index (χ3v) is 2.95. The maximum Gasteiger partial charge on any atom is 0.311 e. The first-order valence-corrected chi connectivity index (χ1v) is 5.68. The molecule has 1 N–H and O–H groups in total. The van der Waals surface area contributed by atoms with Crippen molar-refractivity contribution in [1.29, 1.82) is 0 Å². The largest absolute Gasteiger partial charge is 0.346 e. The van der Waals surface area contributed by atoms with E-state index in [0.29, 0.717) is 5.82 Å². The molecule has 6 heteroatoms. The number of nitrogens with zero attached hydrogens (tertiary/aromatic N) is 3. The third kappa shape index (κ3) is 2.36. The number of aromatic nitrogens is 1. The van der Waals surface area contributed by atoms with Crippen LogP contribution in [-0.4, -0.2) is 35.6 Å². The topological polar surface area (TPSA) is 71.3 Å². The fraction of sp³-hybridized carbons (Fsp3) is 0.545. The predicted octanol–water partition coefficient (Wildman–Crippen LogP) is 1.10. The molecule has 2 rings (SSSR count). The minimum Gasteiger partial charge on any atom is -0.346 e. The van der Waals surface area contributed by atoms with E-state index in [0.717, 1.165) is 25.2 Å². The first-order valence-electron chi connectivity index (χ1n) is 5.68. The van der Waals surface area contributed by atoms with Gasteiger partial charge in [0.2, 0.25) is 5.82 Å². The lowest BCUT2D eigenvalue weighted by atomic mass is 10.2. The molecule has 6 nitrogen and oxygen atoms in total. The Morgan fingerprint density at radius 3 is 3.06 bits per heavy atom. The highest BCUT2D eigenvalue weighted by atomic mass is 16.6. The maximum absolute atomic E-state index is 11.0. The van der Waals surface area contributed by atoms with Crippen LogP contribution in [0.3, 0.4) is 0 Å². The molecule has 0 aromatic carbocycles. The lowest BCUT2D eigenvalue weighted by Gasteiger charge is -2.34. The van der Waals surface area contributed by atoms with Crippen molar-refractivity contribution in [3.63, 3.8) is 0 Å². The van der Waals surface area contributed by atoms with Gasteiger partial charge >= 0.3 is 5.69 Å². The molecule has 0 aliphatic carbocycles. The molecule has 0 radical (unpaired) electrons. The van der Waals surface area contributed by atoms with Crippen molar-refractivity contribution >= 4 is 11.5 Å². The van der Waals surface area contributed by atoms with Crippen LogP contribution in [0.1, 0.15) is 12.5 Å². The molecular weight excluding hydrogens is 220 g/mol. The average Bonchev–Trinajstić information content (AvgIpc) is 2.30. The Bertz CT molecular complexity index is 435. The van der Waals surface area contributed by atoms with E-state index in [1.807, 2.05) is 18.7 Å². The van der Waals surface area contributed by atoms with Crippen LogP contribution in [0.5, 0.6) is 0 Å². The van der Waals surface area contributed by atoms with Gasteiger partial charge in [-0.25, -0.2) is 4.98 Å². The Morgan fingerprint density at radius 2 is 2.41 bits per heavy atom. The lowest BCUT2D eigenvalue weighted by molar-refractivity contribution is -0.384. The van der Waals surface area contributed by atoms with Crippen molar-refractivity contribution in [2.75, 3.05) is 24.5 Å². The Labute approximate surface area is 99.8 Å². The molecule has 1 unspecified atom stereocenters. The molecule has 2 heterocycles. The van der Waals surface area contributed by atoms with Crippen LogP contribution in [-0.2, 0) is 0 Å². The van der Waals surface area contributed by atoms with Crippen LogP contribution >= 0.6 is 0 Å². The van der Waals surface area contributed by atoms with E-state index < -0.39 is 0 Å². The fourth-order valence-electron chi connectivity index (χ4n) is 2.06. The summed E-state index contributed by atoms with van der Waals surface area (Å²) in [4.78, 5) is 16.9. The number of anilines is 1. The zero-order valence-corrected chi connectivity index (χ0v) is 10.0. The molecule has 1 atom stereocenters. The molecule has 1 aliphatic rings. The van der Waals surface area contributed by atoms with E-state index in [1.54, 1.807) is 12.3 Å². The minimum absolute atomic E-state index is 0.0961. The molecule has 1 aromatic rings. The fourth-order valence-corrected chi connectivity index (χ4v) is 2.06. The van der Waals surface area contributed by atoms with E-state index in [-0.39, 0.29) is 16.7 Å². The van der Waals surface area contributed by atoms with Crippen molar-refractivity contribution in [1.82, 2.24) is 10.3 Å². The monoisotopic (exact) mass is 236 g/mol. The van der Waals surface area contributed by atoms with E-state index in [2.05, 4.69) is 10.3 Å². The highest BCUT2D eigenvalue weighted by molar-refractivity contribution is 5.59. The molecule has 17 heavy (non-hydrogen) atoms. The third-order valence-electron chi connectivity index (χ3n) is 2.95. The number of nitro groups is 1. The second kappa shape index (κ2) is 4.67. The molecule has 1 fully saturated rings. The molecule has 0 amide bonds. The molecule has 0 bridgehead atoms. The van der Waals surface area contributed by atoms with Gasteiger partial charge in [-0.1, -0.05) is 0 Å². The van der Waals surface area contributed by atoms with Gasteiger partial charge in [0.05, 0.1) is 4.92 Å². The lowest BCUT2D eigenvalue weighted by Crippen LogP contribution is -2.50. The Morgan fingerprint density at radius 1 is 1.65 bits per heavy atom. The summed E-state index contributed by atoms with van der Waals surface area (Å²) < 4.78 is 0. The molecule has 0 spiro atoms.